The van der Waals surface area contributed by atoms with E-state index >= 15 is 0 Å². The molecule has 0 aromatic heterocycles. The van der Waals surface area contributed by atoms with E-state index < -0.39 is 5.97 Å². The number of hydrogen-bond donors (Lipinski definition) is 0. The molecule has 154 valence electrons. The van der Waals surface area contributed by atoms with E-state index in [1.807, 2.05) is 48.5 Å². The van der Waals surface area contributed by atoms with Crippen molar-refractivity contribution in [2.24, 2.45) is 5.92 Å². The molecule has 0 fully saturated rings. The predicted molar refractivity (Wildman–Crippen MR) is 122 cm³/mol. The molecular weight excluding hydrogens is 396 g/mol. The summed E-state index contributed by atoms with van der Waals surface area (Å²) in [6.07, 6.45) is 3.89. The van der Waals surface area contributed by atoms with E-state index in [0.29, 0.717) is 22.3 Å². The largest absolute Gasteiger partial charge is 0.456 e. The molecule has 1 atom stereocenters. The van der Waals surface area contributed by atoms with Crippen LogP contribution in [0.4, 0.5) is 0 Å². The maximum Gasteiger partial charge on any atom is 0.338 e. The zero-order chi connectivity index (χ0) is 21.3. The van der Waals surface area contributed by atoms with E-state index in [4.69, 9.17) is 21.1 Å². The highest BCUT2D eigenvalue weighted by molar-refractivity contribution is 6.31. The molecule has 0 heterocycles. The molecule has 0 bridgehead atoms. The topological polar surface area (TPSA) is 35.5 Å². The van der Waals surface area contributed by atoms with Crippen molar-refractivity contribution < 1.29 is 14.3 Å². The summed E-state index contributed by atoms with van der Waals surface area (Å²) in [6, 6.07) is 15.4. The van der Waals surface area contributed by atoms with Crippen LogP contribution in [0.1, 0.15) is 37.8 Å². The third-order valence-corrected chi connectivity index (χ3v) is 6.00. The maximum atomic E-state index is 12.5. The molecule has 0 amide bonds. The molecule has 4 rings (SSSR count). The number of esters is 1. The molecule has 1 aliphatic carbocycles. The first-order valence-electron chi connectivity index (χ1n) is 10.4. The molecule has 30 heavy (non-hydrogen) atoms. The van der Waals surface area contributed by atoms with Crippen LogP contribution in [0.2, 0.25) is 5.02 Å². The predicted octanol–water partition coefficient (Wildman–Crippen LogP) is 7.28. The average Bonchev–Trinajstić information content (AvgIpc) is 2.76. The third-order valence-electron chi connectivity index (χ3n) is 5.76. The second-order valence-corrected chi connectivity index (χ2v) is 8.34. The molecule has 0 aliphatic heterocycles. The Morgan fingerprint density at radius 3 is 2.57 bits per heavy atom. The Kier molecular flexibility index (Phi) is 5.83. The summed E-state index contributed by atoms with van der Waals surface area (Å²) in [4.78, 5) is 12.5. The number of fused-ring (bicyclic) bond motifs is 2. The summed E-state index contributed by atoms with van der Waals surface area (Å²) >= 11 is 6.35. The quantitative estimate of drug-likeness (QED) is 0.247. The molecule has 0 N–H and O–H groups in total. The van der Waals surface area contributed by atoms with Gasteiger partial charge in [0.2, 0.25) is 0 Å². The second kappa shape index (κ2) is 8.53. The Bertz CT molecular complexity index is 1120. The number of carbonyl (C=O) groups is 1. The van der Waals surface area contributed by atoms with Crippen LogP contribution >= 0.6 is 11.6 Å². The minimum atomic E-state index is -0.413. The molecular formula is C26H25ClO3. The van der Waals surface area contributed by atoms with E-state index in [0.717, 1.165) is 59.1 Å². The molecule has 1 aliphatic rings. The van der Waals surface area contributed by atoms with Gasteiger partial charge in [-0.1, -0.05) is 49.7 Å². The van der Waals surface area contributed by atoms with Crippen molar-refractivity contribution in [3.05, 3.63) is 76.8 Å². The number of halogens is 1. The van der Waals surface area contributed by atoms with E-state index in [1.165, 1.54) is 0 Å². The number of para-hydroxylation sites is 1. The van der Waals surface area contributed by atoms with Crippen LogP contribution in [0.15, 0.2) is 60.7 Å². The highest BCUT2D eigenvalue weighted by atomic mass is 35.5. The van der Waals surface area contributed by atoms with Crippen LogP contribution in [-0.4, -0.2) is 5.97 Å². The zero-order valence-electron chi connectivity index (χ0n) is 17.3. The van der Waals surface area contributed by atoms with E-state index in [9.17, 15) is 4.79 Å². The fraction of sp³-hybridized carbons (Fsp3) is 0.269. The smallest absolute Gasteiger partial charge is 0.338 e. The van der Waals surface area contributed by atoms with Crippen LogP contribution in [0, 0.1) is 5.92 Å². The monoisotopic (exact) mass is 420 g/mol. The lowest BCUT2D eigenvalue weighted by atomic mass is 9.80. The molecule has 0 spiro atoms. The number of rotatable bonds is 5. The summed E-state index contributed by atoms with van der Waals surface area (Å²) in [5, 5.41) is 2.29. The Morgan fingerprint density at radius 1 is 1.10 bits per heavy atom. The first kappa shape index (κ1) is 20.5. The second-order valence-electron chi connectivity index (χ2n) is 7.91. The van der Waals surface area contributed by atoms with Crippen LogP contribution in [0.25, 0.3) is 10.8 Å². The number of hydrogen-bond acceptors (Lipinski definition) is 3. The normalized spacial score (nSPS) is 15.5. The summed E-state index contributed by atoms with van der Waals surface area (Å²) in [5.74, 6) is 2.32. The number of carbonyl (C=O) groups excluding carboxylic acids is 1. The van der Waals surface area contributed by atoms with Crippen molar-refractivity contribution >= 4 is 28.3 Å². The fourth-order valence-corrected chi connectivity index (χ4v) is 4.26. The van der Waals surface area contributed by atoms with Crippen molar-refractivity contribution in [1.82, 2.24) is 0 Å². The molecule has 4 heteroatoms. The van der Waals surface area contributed by atoms with Crippen molar-refractivity contribution in [2.45, 2.75) is 39.5 Å². The summed E-state index contributed by atoms with van der Waals surface area (Å²) < 4.78 is 12.3. The van der Waals surface area contributed by atoms with Crippen LogP contribution in [-0.2, 0) is 17.6 Å². The van der Waals surface area contributed by atoms with E-state index in [1.54, 1.807) is 6.92 Å². The summed E-state index contributed by atoms with van der Waals surface area (Å²) in [5.41, 5.74) is 2.53. The van der Waals surface area contributed by atoms with Gasteiger partial charge in [0.1, 0.15) is 17.2 Å². The van der Waals surface area contributed by atoms with Gasteiger partial charge in [0.25, 0.3) is 0 Å². The molecule has 3 aromatic rings. The summed E-state index contributed by atoms with van der Waals surface area (Å²) in [7, 11) is 0. The van der Waals surface area contributed by atoms with Crippen LogP contribution < -0.4 is 9.47 Å². The Labute approximate surface area is 182 Å². The van der Waals surface area contributed by atoms with Gasteiger partial charge >= 0.3 is 5.97 Å². The fourth-order valence-electron chi connectivity index (χ4n) is 4.09. The molecule has 1 unspecified atom stereocenters. The zero-order valence-corrected chi connectivity index (χ0v) is 18.1. The SMILES string of the molecule is C=C(C)C(=O)Oc1c2c(c(Oc3ccccc3)c3cc(Cl)ccc13)CCC(CC)C2. The highest BCUT2D eigenvalue weighted by Crippen LogP contribution is 2.47. The average molecular weight is 421 g/mol. The van der Waals surface area contributed by atoms with Crippen LogP contribution in [0.3, 0.4) is 0 Å². The molecule has 3 nitrogen and oxygen atoms in total. The highest BCUT2D eigenvalue weighted by Gasteiger charge is 2.29. The van der Waals surface area contributed by atoms with Gasteiger partial charge in [-0.2, -0.15) is 0 Å². The van der Waals surface area contributed by atoms with Gasteiger partial charge in [0.05, 0.1) is 0 Å². The van der Waals surface area contributed by atoms with Crippen molar-refractivity contribution in [3.63, 3.8) is 0 Å². The number of ether oxygens (including phenoxy) is 2. The molecule has 0 radical (unpaired) electrons. The lowest BCUT2D eigenvalue weighted by molar-refractivity contribution is -0.130. The first-order valence-corrected chi connectivity index (χ1v) is 10.7. The van der Waals surface area contributed by atoms with E-state index in [2.05, 4.69) is 13.5 Å². The van der Waals surface area contributed by atoms with E-state index in [-0.39, 0.29) is 0 Å². The van der Waals surface area contributed by atoms with Gasteiger partial charge in [0, 0.05) is 32.5 Å². The van der Waals surface area contributed by atoms with Crippen molar-refractivity contribution in [2.75, 3.05) is 0 Å². The van der Waals surface area contributed by atoms with Gasteiger partial charge in [0.15, 0.2) is 0 Å². The Morgan fingerprint density at radius 2 is 1.87 bits per heavy atom. The maximum absolute atomic E-state index is 12.5. The van der Waals surface area contributed by atoms with Crippen LogP contribution in [0.5, 0.6) is 17.2 Å². The molecule has 0 saturated heterocycles. The minimum absolute atomic E-state index is 0.373. The third kappa shape index (κ3) is 3.95. The van der Waals surface area contributed by atoms with Gasteiger partial charge in [-0.3, -0.25) is 0 Å². The van der Waals surface area contributed by atoms with Crippen molar-refractivity contribution in [3.8, 4) is 17.2 Å². The standard InChI is InChI=1S/C26H25ClO3/c1-4-17-10-12-20-22(14-17)25(30-26(28)16(2)3)21-13-11-18(27)15-23(21)24(20)29-19-8-6-5-7-9-19/h5-9,11,13,15,17H,2,4,10,12,14H2,1,3H3. The lowest BCUT2D eigenvalue weighted by Gasteiger charge is -2.29. The molecule has 0 saturated carbocycles. The lowest BCUT2D eigenvalue weighted by Crippen LogP contribution is -2.18. The van der Waals surface area contributed by atoms with Gasteiger partial charge in [-0.25, -0.2) is 4.79 Å². The summed E-state index contributed by atoms with van der Waals surface area (Å²) in [6.45, 7) is 7.61. The van der Waals surface area contributed by atoms with Gasteiger partial charge < -0.3 is 9.47 Å². The first-order chi connectivity index (χ1) is 14.5. The Hall–Kier alpha value is -2.78. The van der Waals surface area contributed by atoms with Gasteiger partial charge in [-0.05, 0) is 62.4 Å². The van der Waals surface area contributed by atoms with Gasteiger partial charge in [-0.15, -0.1) is 0 Å². The minimum Gasteiger partial charge on any atom is -0.456 e. The number of benzene rings is 3. The van der Waals surface area contributed by atoms with Crippen molar-refractivity contribution in [1.29, 1.82) is 0 Å². The Balaban J connectivity index is 1.97. The molecule has 3 aromatic carbocycles.